The molecule has 7 nitrogen and oxygen atoms in total. The van der Waals surface area contributed by atoms with Gasteiger partial charge in [-0.1, -0.05) is 108 Å². The summed E-state index contributed by atoms with van der Waals surface area (Å²) in [4.78, 5) is 15.7. The molecule has 5 fully saturated rings. The van der Waals surface area contributed by atoms with E-state index in [2.05, 4.69) is 88.0 Å². The number of carbonyl (C=O) groups is 1. The Hall–Kier alpha value is -2.43. The fourth-order valence-corrected chi connectivity index (χ4v) is 18.0. The highest BCUT2D eigenvalue weighted by atomic mass is 33.1. The van der Waals surface area contributed by atoms with Crippen LogP contribution in [-0.2, 0) is 19.0 Å². The molecule has 14 unspecified atom stereocenters. The van der Waals surface area contributed by atoms with Gasteiger partial charge >= 0.3 is 5.97 Å². The zero-order valence-corrected chi connectivity index (χ0v) is 35.1. The Bertz CT molecular complexity index is 1930. The minimum atomic E-state index is -0.573. The maximum atomic E-state index is 13.7. The van der Waals surface area contributed by atoms with E-state index in [0.29, 0.717) is 52.3 Å². The van der Waals surface area contributed by atoms with Crippen molar-refractivity contribution in [2.75, 3.05) is 26.0 Å². The first kappa shape index (κ1) is 37.6. The number of ether oxygens (including phenoxy) is 3. The summed E-state index contributed by atoms with van der Waals surface area (Å²) >= 11 is 0. The molecule has 1 aromatic carbocycles. The van der Waals surface area contributed by atoms with Crippen molar-refractivity contribution in [2.24, 2.45) is 58.7 Å². The Morgan fingerprint density at radius 3 is 2.68 bits per heavy atom. The number of aliphatic hydroxyl groups is 2. The van der Waals surface area contributed by atoms with Crippen molar-refractivity contribution in [1.82, 2.24) is 4.90 Å². The summed E-state index contributed by atoms with van der Waals surface area (Å²) in [6.45, 7) is 2.67. The van der Waals surface area contributed by atoms with Crippen LogP contribution in [0.2, 0.25) is 0 Å². The average molecular weight is 810 g/mol. The number of allylic oxidation sites excluding steroid dienone is 3. The summed E-state index contributed by atoms with van der Waals surface area (Å²) in [5.41, 5.74) is 3.29. The number of cyclic esters (lactones) is 1. The summed E-state index contributed by atoms with van der Waals surface area (Å²) in [5.74, 6) is 6.64. The van der Waals surface area contributed by atoms with Crippen molar-refractivity contribution in [3.8, 4) is 0 Å². The molecule has 304 valence electrons. The van der Waals surface area contributed by atoms with E-state index in [1.807, 2.05) is 0 Å². The summed E-state index contributed by atoms with van der Waals surface area (Å²) in [5, 5.41) is 24.0. The van der Waals surface area contributed by atoms with Crippen molar-refractivity contribution >= 4 is 27.6 Å². The second-order valence-electron chi connectivity index (χ2n) is 19.4. The molecular weight excluding hydrogens is 751 g/mol. The van der Waals surface area contributed by atoms with Crippen LogP contribution in [0.1, 0.15) is 89.0 Å². The standard InChI is InChI=1S/C48H59NO6S2/c1-26-39-36-22-33-40-35-16-17-38(57-56-25-27-18-19-48(35,23-27)41(33)29-11-4-3-5-12-29)31-15-14-30(28-9-6-7-10-28)21-32(31)43(51)42(40)49(36)20-8-13-37(39)54-44(26)46-45(53-2)34(24-50)47(52)55-46/h3-5,11-13,15-17,26-28,30,32-33,35-36,38-43,50-51H,6-10,14,18-25H2,1-2H3. The van der Waals surface area contributed by atoms with E-state index < -0.39 is 18.7 Å². The van der Waals surface area contributed by atoms with Crippen LogP contribution in [-0.4, -0.2) is 70.5 Å². The van der Waals surface area contributed by atoms with Crippen LogP contribution in [0.4, 0.5) is 0 Å². The van der Waals surface area contributed by atoms with Gasteiger partial charge in [-0.3, -0.25) is 4.90 Å². The summed E-state index contributed by atoms with van der Waals surface area (Å²) in [6, 6.07) is 11.7. The predicted molar refractivity (Wildman–Crippen MR) is 224 cm³/mol. The highest BCUT2D eigenvalue weighted by Crippen LogP contribution is 2.72. The molecule has 9 heteroatoms. The molecule has 4 bridgehead atoms. The highest BCUT2D eigenvalue weighted by Gasteiger charge is 2.68. The fraction of sp³-hybridized carbons (Fsp3) is 0.646. The van der Waals surface area contributed by atoms with Gasteiger partial charge in [0.05, 0.1) is 25.1 Å². The van der Waals surface area contributed by atoms with Gasteiger partial charge in [0.25, 0.3) is 0 Å². The zero-order valence-electron chi connectivity index (χ0n) is 33.5. The Morgan fingerprint density at radius 2 is 1.88 bits per heavy atom. The SMILES string of the molecule is COC1=C(CO)C(=O)OC1=C1OC2=CCCN3C(CC4C5C3C(O)C3CC(C6CCCC6)CC=C3C3C=CC5C5(CCC(CSS3)C5)C4c3ccccc3)C2C1C. The first-order valence-electron chi connectivity index (χ1n) is 22.3. The monoisotopic (exact) mass is 809 g/mol. The van der Waals surface area contributed by atoms with Gasteiger partial charge in [-0.05, 0) is 103 Å². The molecular formula is C48H59NO6S2. The molecule has 14 atom stereocenters. The smallest absolute Gasteiger partial charge is 0.345 e. The molecule has 2 N–H and O–H groups in total. The van der Waals surface area contributed by atoms with Crippen LogP contribution in [0.15, 0.2) is 88.8 Å². The van der Waals surface area contributed by atoms with E-state index in [4.69, 9.17) is 14.2 Å². The maximum Gasteiger partial charge on any atom is 0.345 e. The average Bonchev–Trinajstić information content (AvgIpc) is 4.05. The maximum absolute atomic E-state index is 13.7. The number of rotatable bonds is 4. The number of methoxy groups -OCH3 is 1. The third-order valence-electron chi connectivity index (χ3n) is 17.1. The molecule has 1 spiro atoms. The van der Waals surface area contributed by atoms with Gasteiger partial charge in [-0.25, -0.2) is 4.79 Å². The molecule has 1 aromatic rings. The molecule has 0 aromatic heterocycles. The third-order valence-corrected chi connectivity index (χ3v) is 19.9. The van der Waals surface area contributed by atoms with Crippen LogP contribution >= 0.6 is 21.6 Å². The van der Waals surface area contributed by atoms with Crippen molar-refractivity contribution < 1.29 is 29.2 Å². The van der Waals surface area contributed by atoms with Crippen LogP contribution in [0.5, 0.6) is 0 Å². The van der Waals surface area contributed by atoms with E-state index >= 15 is 0 Å². The van der Waals surface area contributed by atoms with Gasteiger partial charge in [0.1, 0.15) is 11.3 Å². The van der Waals surface area contributed by atoms with Crippen LogP contribution in [0.25, 0.3) is 0 Å². The minimum absolute atomic E-state index is 0.0253. The number of hydrogen-bond acceptors (Lipinski definition) is 9. The molecule has 5 aliphatic heterocycles. The van der Waals surface area contributed by atoms with E-state index in [1.165, 1.54) is 68.9 Å². The molecule has 2 saturated heterocycles. The lowest BCUT2D eigenvalue weighted by Gasteiger charge is -2.54. The summed E-state index contributed by atoms with van der Waals surface area (Å²) in [6.07, 6.45) is 23.2. The highest BCUT2D eigenvalue weighted by molar-refractivity contribution is 8.77. The second kappa shape index (κ2) is 14.6. The number of esters is 1. The van der Waals surface area contributed by atoms with E-state index in [-0.39, 0.29) is 46.6 Å². The van der Waals surface area contributed by atoms with Crippen molar-refractivity contribution in [2.45, 2.75) is 107 Å². The minimum Gasteiger partial charge on any atom is -0.492 e. The van der Waals surface area contributed by atoms with Gasteiger partial charge < -0.3 is 24.4 Å². The first-order chi connectivity index (χ1) is 27.9. The summed E-state index contributed by atoms with van der Waals surface area (Å²) in [7, 11) is 5.72. The molecule has 10 aliphatic rings. The molecule has 0 radical (unpaired) electrons. The van der Waals surface area contributed by atoms with Crippen molar-refractivity contribution in [1.29, 1.82) is 0 Å². The van der Waals surface area contributed by atoms with Gasteiger partial charge in [0.15, 0.2) is 11.5 Å². The molecule has 0 amide bonds. The molecule has 57 heavy (non-hydrogen) atoms. The number of benzene rings is 1. The first-order valence-corrected chi connectivity index (χ1v) is 24.7. The number of hydrogen-bond donors (Lipinski definition) is 2. The number of carbonyl (C=O) groups excluding carboxylic acids is 1. The van der Waals surface area contributed by atoms with Crippen LogP contribution < -0.4 is 0 Å². The predicted octanol–water partition coefficient (Wildman–Crippen LogP) is 8.93. The number of fused-ring (bicyclic) bond motifs is 8. The molecule has 5 aliphatic carbocycles. The number of piperidine rings is 1. The second-order valence-corrected chi connectivity index (χ2v) is 21.9. The van der Waals surface area contributed by atoms with Crippen LogP contribution in [0, 0.1) is 58.7 Å². The normalized spacial score (nSPS) is 45.2. The number of nitrogens with zero attached hydrogens (tertiary/aromatic N) is 1. The Morgan fingerprint density at radius 1 is 1.04 bits per heavy atom. The van der Waals surface area contributed by atoms with Crippen molar-refractivity contribution in [3.05, 3.63) is 94.4 Å². The summed E-state index contributed by atoms with van der Waals surface area (Å²) < 4.78 is 18.4. The fourth-order valence-electron chi connectivity index (χ4n) is 15.0. The molecule has 3 saturated carbocycles. The zero-order chi connectivity index (χ0) is 38.6. The lowest BCUT2D eigenvalue weighted by Crippen LogP contribution is -2.63. The molecule has 11 rings (SSSR count). The molecule has 5 heterocycles. The van der Waals surface area contributed by atoms with E-state index in [0.717, 1.165) is 43.9 Å². The van der Waals surface area contributed by atoms with E-state index in [1.54, 1.807) is 0 Å². The largest absolute Gasteiger partial charge is 0.492 e. The Kier molecular flexibility index (Phi) is 9.65. The van der Waals surface area contributed by atoms with Gasteiger partial charge in [-0.2, -0.15) is 0 Å². The lowest BCUT2D eigenvalue weighted by atomic mass is 9.64. The third kappa shape index (κ3) is 5.74. The number of aliphatic hydroxyl groups excluding tert-OH is 2. The quantitative estimate of drug-likeness (QED) is 0.176. The van der Waals surface area contributed by atoms with Crippen LogP contribution in [0.3, 0.4) is 0 Å². The van der Waals surface area contributed by atoms with Crippen molar-refractivity contribution in [3.63, 3.8) is 0 Å². The van der Waals surface area contributed by atoms with E-state index in [9.17, 15) is 15.0 Å². The lowest BCUT2D eigenvalue weighted by molar-refractivity contribution is -0.133. The Balaban J connectivity index is 1.08. The van der Waals surface area contributed by atoms with Gasteiger partial charge in [0, 0.05) is 42.1 Å². The topological polar surface area (TPSA) is 88.5 Å². The Labute approximate surface area is 346 Å². The van der Waals surface area contributed by atoms with Gasteiger partial charge in [-0.15, -0.1) is 0 Å². The van der Waals surface area contributed by atoms with Gasteiger partial charge in [0.2, 0.25) is 5.76 Å².